The molecule has 1 aromatic heterocycles. The van der Waals surface area contributed by atoms with E-state index in [9.17, 15) is 4.79 Å². The number of carboxylic acid groups (broad SMARTS) is 1. The summed E-state index contributed by atoms with van der Waals surface area (Å²) in [6, 6.07) is 14.2. The average molecular weight is 294 g/mol. The molecule has 1 heterocycles. The Morgan fingerprint density at radius 2 is 1.76 bits per heavy atom. The predicted molar refractivity (Wildman–Crippen MR) is 70.3 cm³/mol. The highest BCUT2D eigenvalue weighted by atomic mass is 79.9. The molecule has 2 aromatic rings. The monoisotopic (exact) mass is 293 g/mol. The van der Waals surface area contributed by atoms with Crippen LogP contribution in [0.1, 0.15) is 16.1 Å². The van der Waals surface area contributed by atoms with Gasteiger partial charge in [0, 0.05) is 11.5 Å². The van der Waals surface area contributed by atoms with Crippen molar-refractivity contribution in [3.63, 3.8) is 0 Å². The zero-order valence-electron chi connectivity index (χ0n) is 9.08. The molecule has 2 rings (SSSR count). The van der Waals surface area contributed by atoms with E-state index in [0.29, 0.717) is 5.56 Å². The topological polar surface area (TPSA) is 50.2 Å². The van der Waals surface area contributed by atoms with Gasteiger partial charge in [0.15, 0.2) is 0 Å². The second-order valence-corrected chi connectivity index (χ2v) is 3.69. The maximum absolute atomic E-state index is 10.2. The van der Waals surface area contributed by atoms with Crippen LogP contribution in [0.3, 0.4) is 0 Å². The van der Waals surface area contributed by atoms with Gasteiger partial charge in [-0.05, 0) is 24.3 Å². The molecule has 17 heavy (non-hydrogen) atoms. The number of nitrogens with zero attached hydrogens (tertiary/aromatic N) is 1. The van der Waals surface area contributed by atoms with Crippen LogP contribution in [0.2, 0.25) is 0 Å². The molecule has 0 aliphatic heterocycles. The fourth-order valence-electron chi connectivity index (χ4n) is 1.06. The minimum absolute atomic E-state index is 0.331. The van der Waals surface area contributed by atoms with Crippen LogP contribution in [-0.4, -0.2) is 16.1 Å². The van der Waals surface area contributed by atoms with Gasteiger partial charge in [0.25, 0.3) is 0 Å². The molecule has 1 N–H and O–H groups in total. The zero-order valence-corrected chi connectivity index (χ0v) is 10.7. The van der Waals surface area contributed by atoms with E-state index in [0.717, 1.165) is 11.0 Å². The molecular weight excluding hydrogens is 282 g/mol. The first kappa shape index (κ1) is 13.4. The lowest BCUT2D eigenvalue weighted by Crippen LogP contribution is -1.93. The fraction of sp³-hybridized carbons (Fsp3) is 0.0769. The average Bonchev–Trinajstić information content (AvgIpc) is 2.41. The van der Waals surface area contributed by atoms with E-state index < -0.39 is 5.97 Å². The number of carbonyl (C=O) groups is 1. The Balaban J connectivity index is 0.000000171. The van der Waals surface area contributed by atoms with Gasteiger partial charge < -0.3 is 5.11 Å². The van der Waals surface area contributed by atoms with E-state index in [1.165, 1.54) is 0 Å². The molecule has 0 aliphatic carbocycles. The maximum atomic E-state index is 10.2. The van der Waals surface area contributed by atoms with Gasteiger partial charge in [0.2, 0.25) is 0 Å². The molecule has 3 nitrogen and oxygen atoms in total. The number of hydrogen-bond donors (Lipinski definition) is 1. The Morgan fingerprint density at radius 3 is 2.12 bits per heavy atom. The lowest BCUT2D eigenvalue weighted by atomic mass is 10.2. The van der Waals surface area contributed by atoms with Crippen molar-refractivity contribution in [3.05, 3.63) is 66.0 Å². The van der Waals surface area contributed by atoms with Gasteiger partial charge in [-0.15, -0.1) is 0 Å². The first-order valence-electron chi connectivity index (χ1n) is 4.98. The molecule has 0 saturated heterocycles. The number of alkyl halides is 1. The normalized spacial score (nSPS) is 9.00. The third-order valence-corrected chi connectivity index (χ3v) is 2.46. The summed E-state index contributed by atoms with van der Waals surface area (Å²) < 4.78 is 0. The van der Waals surface area contributed by atoms with Crippen LogP contribution in [0, 0.1) is 0 Å². The van der Waals surface area contributed by atoms with Crippen LogP contribution < -0.4 is 0 Å². The highest BCUT2D eigenvalue weighted by molar-refractivity contribution is 9.08. The van der Waals surface area contributed by atoms with E-state index in [1.807, 2.05) is 18.2 Å². The molecule has 1 aromatic carbocycles. The summed E-state index contributed by atoms with van der Waals surface area (Å²) in [4.78, 5) is 14.3. The number of rotatable bonds is 2. The lowest BCUT2D eigenvalue weighted by Gasteiger charge is -1.88. The van der Waals surface area contributed by atoms with E-state index in [4.69, 9.17) is 5.11 Å². The number of aromatic nitrogens is 1. The summed E-state index contributed by atoms with van der Waals surface area (Å²) in [7, 11) is 0. The second-order valence-electron chi connectivity index (χ2n) is 3.13. The Bertz CT molecular complexity index is 445. The third-order valence-electron chi connectivity index (χ3n) is 1.88. The summed E-state index contributed by atoms with van der Waals surface area (Å²) in [6.07, 6.45) is 1.79. The van der Waals surface area contributed by atoms with Crippen LogP contribution in [0.4, 0.5) is 0 Å². The van der Waals surface area contributed by atoms with Crippen molar-refractivity contribution in [2.75, 3.05) is 0 Å². The first-order valence-corrected chi connectivity index (χ1v) is 6.10. The Hall–Kier alpha value is -1.68. The molecule has 0 fully saturated rings. The summed E-state index contributed by atoms with van der Waals surface area (Å²) in [5, 5.41) is 9.23. The van der Waals surface area contributed by atoms with E-state index in [-0.39, 0.29) is 0 Å². The van der Waals surface area contributed by atoms with Gasteiger partial charge in [-0.1, -0.05) is 40.2 Å². The van der Waals surface area contributed by atoms with Crippen LogP contribution >= 0.6 is 15.9 Å². The smallest absolute Gasteiger partial charge is 0.335 e. The number of benzene rings is 1. The van der Waals surface area contributed by atoms with E-state index in [1.54, 1.807) is 36.5 Å². The molecule has 0 spiro atoms. The Kier molecular flexibility index (Phi) is 5.96. The summed E-state index contributed by atoms with van der Waals surface area (Å²) in [5.41, 5.74) is 1.41. The number of aromatic carboxylic acids is 1. The van der Waals surface area contributed by atoms with Crippen molar-refractivity contribution in [2.24, 2.45) is 0 Å². The number of carboxylic acids is 1. The minimum atomic E-state index is -0.879. The van der Waals surface area contributed by atoms with Gasteiger partial charge in [-0.2, -0.15) is 0 Å². The Morgan fingerprint density at radius 1 is 1.12 bits per heavy atom. The third kappa shape index (κ3) is 5.26. The highest BCUT2D eigenvalue weighted by Crippen LogP contribution is 1.98. The quantitative estimate of drug-likeness (QED) is 0.864. The van der Waals surface area contributed by atoms with E-state index in [2.05, 4.69) is 20.9 Å². The van der Waals surface area contributed by atoms with Crippen molar-refractivity contribution in [1.82, 2.24) is 4.98 Å². The summed E-state index contributed by atoms with van der Waals surface area (Å²) >= 11 is 3.29. The number of hydrogen-bond acceptors (Lipinski definition) is 2. The summed E-state index contributed by atoms with van der Waals surface area (Å²) in [5.74, 6) is -0.879. The maximum Gasteiger partial charge on any atom is 0.335 e. The van der Waals surface area contributed by atoms with Crippen LogP contribution in [0.25, 0.3) is 0 Å². The largest absolute Gasteiger partial charge is 0.478 e. The fourth-order valence-corrected chi connectivity index (χ4v) is 1.39. The standard InChI is InChI=1S/C7H6O2.C6H6BrN/c8-7(9)6-4-2-1-3-5-6;7-5-6-3-1-2-4-8-6/h1-5H,(H,8,9);1-4H,5H2. The van der Waals surface area contributed by atoms with Crippen molar-refractivity contribution in [1.29, 1.82) is 0 Å². The van der Waals surface area contributed by atoms with Gasteiger partial charge in [-0.25, -0.2) is 4.79 Å². The van der Waals surface area contributed by atoms with Crippen LogP contribution in [0.5, 0.6) is 0 Å². The molecule has 0 saturated carbocycles. The Labute approximate surface area is 108 Å². The molecule has 0 radical (unpaired) electrons. The lowest BCUT2D eigenvalue weighted by molar-refractivity contribution is 0.0697. The van der Waals surface area contributed by atoms with Crippen molar-refractivity contribution in [2.45, 2.75) is 5.33 Å². The van der Waals surface area contributed by atoms with Gasteiger partial charge in [0.1, 0.15) is 0 Å². The van der Waals surface area contributed by atoms with Crippen molar-refractivity contribution in [3.8, 4) is 0 Å². The molecule has 88 valence electrons. The first-order chi connectivity index (χ1) is 8.24. The number of halogens is 1. The van der Waals surface area contributed by atoms with Gasteiger partial charge >= 0.3 is 5.97 Å². The van der Waals surface area contributed by atoms with Crippen molar-refractivity contribution >= 4 is 21.9 Å². The van der Waals surface area contributed by atoms with Crippen LogP contribution in [0.15, 0.2) is 54.7 Å². The number of pyridine rings is 1. The SMILES string of the molecule is BrCc1ccccn1.O=C(O)c1ccccc1. The molecule has 0 aliphatic rings. The van der Waals surface area contributed by atoms with Gasteiger partial charge in [-0.3, -0.25) is 4.98 Å². The van der Waals surface area contributed by atoms with E-state index >= 15 is 0 Å². The molecular formula is C13H12BrNO2. The predicted octanol–water partition coefficient (Wildman–Crippen LogP) is 3.36. The second kappa shape index (κ2) is 7.57. The molecule has 0 amide bonds. The highest BCUT2D eigenvalue weighted by Gasteiger charge is 1.96. The molecule has 0 unspecified atom stereocenters. The molecule has 0 bridgehead atoms. The molecule has 4 heteroatoms. The molecule has 0 atom stereocenters. The van der Waals surface area contributed by atoms with Crippen LogP contribution in [-0.2, 0) is 5.33 Å². The van der Waals surface area contributed by atoms with Gasteiger partial charge in [0.05, 0.1) is 11.3 Å². The zero-order chi connectivity index (χ0) is 12.5. The minimum Gasteiger partial charge on any atom is -0.478 e. The summed E-state index contributed by atoms with van der Waals surface area (Å²) in [6.45, 7) is 0. The van der Waals surface area contributed by atoms with Crippen molar-refractivity contribution < 1.29 is 9.90 Å².